The summed E-state index contributed by atoms with van der Waals surface area (Å²) in [6.07, 6.45) is 9.40. The summed E-state index contributed by atoms with van der Waals surface area (Å²) in [7, 11) is 1.60. The van der Waals surface area contributed by atoms with Gasteiger partial charge < -0.3 is 4.74 Å². The van der Waals surface area contributed by atoms with Gasteiger partial charge in [-0.05, 0) is 20.3 Å². The molecule has 2 heteroatoms. The molecule has 0 aromatic heterocycles. The van der Waals surface area contributed by atoms with E-state index in [-0.39, 0.29) is 5.78 Å². The Morgan fingerprint density at radius 3 is 2.00 bits per heavy atom. The number of hydrogen-bond donors (Lipinski definition) is 0. The van der Waals surface area contributed by atoms with Crippen LogP contribution in [-0.2, 0) is 9.53 Å². The number of carbonyl (C=O) groups is 1. The smallest absolute Gasteiger partial charge is 0.164 e. The second-order valence-corrected chi connectivity index (χ2v) is 5.01. The van der Waals surface area contributed by atoms with Crippen LogP contribution in [0.5, 0.6) is 0 Å². The molecule has 96 valence electrons. The first-order valence-corrected chi connectivity index (χ1v) is 6.63. The number of methoxy groups -OCH3 is 1. The Morgan fingerprint density at radius 2 is 1.50 bits per heavy atom. The van der Waals surface area contributed by atoms with Crippen LogP contribution in [0.4, 0.5) is 0 Å². The molecular weight excluding hydrogens is 200 g/mol. The van der Waals surface area contributed by atoms with Gasteiger partial charge in [0.1, 0.15) is 5.60 Å². The lowest BCUT2D eigenvalue weighted by Crippen LogP contribution is -2.33. The summed E-state index contributed by atoms with van der Waals surface area (Å²) in [5.41, 5.74) is -0.595. The van der Waals surface area contributed by atoms with Gasteiger partial charge in [-0.2, -0.15) is 0 Å². The summed E-state index contributed by atoms with van der Waals surface area (Å²) >= 11 is 0. The average molecular weight is 228 g/mol. The fourth-order valence-electron chi connectivity index (χ4n) is 1.66. The maximum absolute atomic E-state index is 11.7. The van der Waals surface area contributed by atoms with Crippen LogP contribution in [0.25, 0.3) is 0 Å². The maximum atomic E-state index is 11.7. The van der Waals surface area contributed by atoms with E-state index in [4.69, 9.17) is 4.74 Å². The summed E-state index contributed by atoms with van der Waals surface area (Å²) in [6.45, 7) is 5.92. The zero-order valence-electron chi connectivity index (χ0n) is 11.5. The molecule has 0 aliphatic rings. The van der Waals surface area contributed by atoms with Crippen molar-refractivity contribution >= 4 is 5.78 Å². The van der Waals surface area contributed by atoms with Gasteiger partial charge in [0.25, 0.3) is 0 Å². The molecule has 0 radical (unpaired) electrons. The van der Waals surface area contributed by atoms with Crippen LogP contribution in [0.15, 0.2) is 0 Å². The van der Waals surface area contributed by atoms with E-state index in [1.807, 2.05) is 13.8 Å². The fraction of sp³-hybridized carbons (Fsp3) is 0.929. The van der Waals surface area contributed by atoms with Crippen molar-refractivity contribution in [3.63, 3.8) is 0 Å². The number of carbonyl (C=O) groups excluding carboxylic acids is 1. The summed E-state index contributed by atoms with van der Waals surface area (Å²) in [4.78, 5) is 11.7. The summed E-state index contributed by atoms with van der Waals surface area (Å²) in [5.74, 6) is 0.226. The zero-order chi connectivity index (χ0) is 12.4. The van der Waals surface area contributed by atoms with Crippen molar-refractivity contribution in [3.05, 3.63) is 0 Å². The van der Waals surface area contributed by atoms with Crippen LogP contribution in [-0.4, -0.2) is 18.5 Å². The van der Waals surface area contributed by atoms with Crippen molar-refractivity contribution in [2.45, 2.75) is 77.7 Å². The van der Waals surface area contributed by atoms with Gasteiger partial charge in [-0.15, -0.1) is 0 Å². The molecule has 0 unspecified atom stereocenters. The highest BCUT2D eigenvalue weighted by atomic mass is 16.5. The zero-order valence-corrected chi connectivity index (χ0v) is 11.5. The Labute approximate surface area is 101 Å². The maximum Gasteiger partial charge on any atom is 0.164 e. The monoisotopic (exact) mass is 228 g/mol. The Bertz CT molecular complexity index is 185. The second-order valence-electron chi connectivity index (χ2n) is 5.01. The van der Waals surface area contributed by atoms with Crippen LogP contribution in [0, 0.1) is 0 Å². The minimum absolute atomic E-state index is 0.226. The fourth-order valence-corrected chi connectivity index (χ4v) is 1.66. The van der Waals surface area contributed by atoms with E-state index in [9.17, 15) is 4.79 Å². The molecule has 0 rings (SSSR count). The van der Waals surface area contributed by atoms with Crippen molar-refractivity contribution in [1.29, 1.82) is 0 Å². The molecule has 0 aliphatic carbocycles. The van der Waals surface area contributed by atoms with Crippen molar-refractivity contribution < 1.29 is 9.53 Å². The van der Waals surface area contributed by atoms with E-state index in [1.54, 1.807) is 7.11 Å². The quantitative estimate of drug-likeness (QED) is 0.526. The largest absolute Gasteiger partial charge is 0.371 e. The molecule has 0 aromatic carbocycles. The summed E-state index contributed by atoms with van der Waals surface area (Å²) in [5, 5.41) is 0. The first-order chi connectivity index (χ1) is 7.54. The van der Waals surface area contributed by atoms with Crippen molar-refractivity contribution in [2.75, 3.05) is 7.11 Å². The highest BCUT2D eigenvalue weighted by Gasteiger charge is 2.25. The van der Waals surface area contributed by atoms with Crippen LogP contribution >= 0.6 is 0 Å². The Kier molecular flexibility index (Phi) is 8.54. The number of ether oxygens (including phenoxy) is 1. The summed E-state index contributed by atoms with van der Waals surface area (Å²) < 4.78 is 5.16. The molecule has 16 heavy (non-hydrogen) atoms. The lowest BCUT2D eigenvalue weighted by atomic mass is 9.97. The molecular formula is C14H28O2. The topological polar surface area (TPSA) is 26.3 Å². The number of hydrogen-bond acceptors (Lipinski definition) is 2. The van der Waals surface area contributed by atoms with Crippen LogP contribution < -0.4 is 0 Å². The van der Waals surface area contributed by atoms with E-state index >= 15 is 0 Å². The van der Waals surface area contributed by atoms with Gasteiger partial charge in [-0.25, -0.2) is 0 Å². The van der Waals surface area contributed by atoms with Crippen molar-refractivity contribution in [3.8, 4) is 0 Å². The highest BCUT2D eigenvalue weighted by molar-refractivity contribution is 5.86. The van der Waals surface area contributed by atoms with Crippen LogP contribution in [0.2, 0.25) is 0 Å². The standard InChI is InChI=1S/C14H28O2/c1-5-6-7-8-9-10-11-12-13(15)14(2,3)16-4/h5-12H2,1-4H3. The molecule has 0 aromatic rings. The minimum atomic E-state index is -0.595. The van der Waals surface area contributed by atoms with E-state index < -0.39 is 5.60 Å². The van der Waals surface area contributed by atoms with Gasteiger partial charge in [0.2, 0.25) is 0 Å². The lowest BCUT2D eigenvalue weighted by molar-refractivity contribution is -0.137. The van der Waals surface area contributed by atoms with Crippen LogP contribution in [0.3, 0.4) is 0 Å². The molecule has 0 heterocycles. The molecule has 0 amide bonds. The first kappa shape index (κ1) is 15.6. The molecule has 0 bridgehead atoms. The third-order valence-electron chi connectivity index (χ3n) is 3.19. The van der Waals surface area contributed by atoms with Gasteiger partial charge in [0.15, 0.2) is 5.78 Å². The Hall–Kier alpha value is -0.370. The third kappa shape index (κ3) is 7.00. The number of Topliss-reactive ketones (excluding diaryl/α,β-unsaturated/α-hetero) is 1. The van der Waals surface area contributed by atoms with E-state index in [0.29, 0.717) is 6.42 Å². The highest BCUT2D eigenvalue weighted by Crippen LogP contribution is 2.15. The molecule has 0 spiro atoms. The van der Waals surface area contributed by atoms with Gasteiger partial charge in [0.05, 0.1) is 0 Å². The van der Waals surface area contributed by atoms with Gasteiger partial charge in [-0.1, -0.05) is 45.4 Å². The average Bonchev–Trinajstić information content (AvgIpc) is 2.27. The van der Waals surface area contributed by atoms with E-state index in [2.05, 4.69) is 6.92 Å². The molecule has 2 nitrogen and oxygen atoms in total. The molecule has 0 aliphatic heterocycles. The predicted molar refractivity (Wildman–Crippen MR) is 68.7 cm³/mol. The number of unbranched alkanes of at least 4 members (excludes halogenated alkanes) is 6. The normalized spacial score (nSPS) is 11.8. The molecule has 0 N–H and O–H groups in total. The summed E-state index contributed by atoms with van der Waals surface area (Å²) in [6, 6.07) is 0. The van der Waals surface area contributed by atoms with E-state index in [1.165, 1.54) is 38.5 Å². The lowest BCUT2D eigenvalue weighted by Gasteiger charge is -2.20. The third-order valence-corrected chi connectivity index (χ3v) is 3.19. The Balaban J connectivity index is 3.42. The molecule has 0 saturated carbocycles. The SMILES string of the molecule is CCCCCCCCCC(=O)C(C)(C)OC. The van der Waals surface area contributed by atoms with Crippen molar-refractivity contribution in [1.82, 2.24) is 0 Å². The van der Waals surface area contributed by atoms with Gasteiger partial charge in [0, 0.05) is 13.5 Å². The van der Waals surface area contributed by atoms with E-state index in [0.717, 1.165) is 6.42 Å². The predicted octanol–water partition coefficient (Wildman–Crippen LogP) is 4.12. The molecule has 0 atom stereocenters. The first-order valence-electron chi connectivity index (χ1n) is 6.63. The van der Waals surface area contributed by atoms with Gasteiger partial charge in [-0.3, -0.25) is 4.79 Å². The van der Waals surface area contributed by atoms with Gasteiger partial charge >= 0.3 is 0 Å². The number of ketones is 1. The molecule has 0 saturated heterocycles. The second kappa shape index (κ2) is 8.74. The molecule has 0 fully saturated rings. The minimum Gasteiger partial charge on any atom is -0.371 e. The number of rotatable bonds is 10. The van der Waals surface area contributed by atoms with Crippen molar-refractivity contribution in [2.24, 2.45) is 0 Å². The van der Waals surface area contributed by atoms with Crippen LogP contribution in [0.1, 0.15) is 72.1 Å². The Morgan fingerprint density at radius 1 is 1.00 bits per heavy atom.